The van der Waals surface area contributed by atoms with Crippen molar-refractivity contribution in [3.63, 3.8) is 0 Å². The number of unbranched alkanes of at least 4 members (excludes halogenated alkanes) is 6. The Labute approximate surface area is 185 Å². The normalized spacial score (nSPS) is 19.9. The van der Waals surface area contributed by atoms with Crippen LogP contribution in [-0.2, 0) is 22.4 Å². The highest BCUT2D eigenvalue weighted by molar-refractivity contribution is 9.10. The van der Waals surface area contributed by atoms with Crippen LogP contribution < -0.4 is 4.90 Å². The zero-order chi connectivity index (χ0) is 21.2. The first-order valence-corrected chi connectivity index (χ1v) is 12.2. The van der Waals surface area contributed by atoms with E-state index >= 15 is 0 Å². The van der Waals surface area contributed by atoms with Crippen LogP contribution in [0.25, 0.3) is 0 Å². The maximum atomic E-state index is 12.7. The lowest BCUT2D eigenvalue weighted by molar-refractivity contribution is -0.148. The molecular formula is C24H38BrNO3. The minimum atomic E-state index is -0.674. The van der Waals surface area contributed by atoms with Crippen molar-refractivity contribution in [1.82, 2.24) is 0 Å². The average Bonchev–Trinajstić information content (AvgIpc) is 2.73. The Bertz CT molecular complexity index is 649. The quantitative estimate of drug-likeness (QED) is 0.348. The topological polar surface area (TPSA) is 49.8 Å². The van der Waals surface area contributed by atoms with E-state index in [1.165, 1.54) is 44.1 Å². The molecular weight excluding hydrogens is 430 g/mol. The summed E-state index contributed by atoms with van der Waals surface area (Å²) in [5, 5.41) is 10.3. The number of aliphatic hydroxyl groups is 1. The summed E-state index contributed by atoms with van der Waals surface area (Å²) in [6, 6.07) is 4.05. The Balaban J connectivity index is 2.21. The van der Waals surface area contributed by atoms with Crippen molar-refractivity contribution in [2.75, 3.05) is 18.6 Å². The van der Waals surface area contributed by atoms with Crippen molar-refractivity contribution in [2.45, 2.75) is 96.6 Å². The van der Waals surface area contributed by atoms with E-state index in [-0.39, 0.29) is 18.6 Å². The van der Waals surface area contributed by atoms with E-state index in [1.807, 2.05) is 7.05 Å². The Morgan fingerprint density at radius 1 is 1.10 bits per heavy atom. The molecule has 0 bridgehead atoms. The van der Waals surface area contributed by atoms with Crippen LogP contribution in [0.15, 0.2) is 16.6 Å². The van der Waals surface area contributed by atoms with Crippen LogP contribution in [0.5, 0.6) is 0 Å². The molecule has 2 rings (SSSR count). The molecule has 0 spiro atoms. The molecule has 1 aromatic carbocycles. The van der Waals surface area contributed by atoms with Crippen molar-refractivity contribution in [1.29, 1.82) is 0 Å². The minimum Gasteiger partial charge on any atom is -0.461 e. The van der Waals surface area contributed by atoms with E-state index in [0.29, 0.717) is 6.42 Å². The summed E-state index contributed by atoms with van der Waals surface area (Å²) in [7, 11) is 1.99. The first-order chi connectivity index (χ1) is 14.0. The molecule has 1 aromatic rings. The molecule has 0 fully saturated rings. The van der Waals surface area contributed by atoms with Gasteiger partial charge in [0.1, 0.15) is 12.6 Å². The molecule has 0 unspecified atom stereocenters. The summed E-state index contributed by atoms with van der Waals surface area (Å²) < 4.78 is 6.52. The molecule has 164 valence electrons. The highest BCUT2D eigenvalue weighted by Gasteiger charge is 2.29. The van der Waals surface area contributed by atoms with Crippen molar-refractivity contribution < 1.29 is 14.6 Å². The number of cyclic esters (lactones) is 1. The van der Waals surface area contributed by atoms with Gasteiger partial charge in [-0.05, 0) is 42.5 Å². The number of halogens is 1. The second-order valence-electron chi connectivity index (χ2n) is 8.35. The number of hydrogen-bond acceptors (Lipinski definition) is 4. The molecule has 0 aliphatic carbocycles. The predicted molar refractivity (Wildman–Crippen MR) is 124 cm³/mol. The van der Waals surface area contributed by atoms with Gasteiger partial charge in [0.2, 0.25) is 0 Å². The molecule has 0 radical (unpaired) electrons. The number of ether oxygens (including phenoxy) is 1. The van der Waals surface area contributed by atoms with Crippen LogP contribution >= 0.6 is 15.9 Å². The van der Waals surface area contributed by atoms with Crippen LogP contribution in [0, 0.1) is 0 Å². The first-order valence-electron chi connectivity index (χ1n) is 11.4. The second kappa shape index (κ2) is 12.6. The summed E-state index contributed by atoms with van der Waals surface area (Å²) in [6.45, 7) is 4.44. The predicted octanol–water partition coefficient (Wildman–Crippen LogP) is 5.81. The number of fused-ring (bicyclic) bond motifs is 1. The van der Waals surface area contributed by atoms with Gasteiger partial charge in [0.25, 0.3) is 0 Å². The molecule has 0 saturated heterocycles. The van der Waals surface area contributed by atoms with Crippen LogP contribution in [0.1, 0.15) is 82.8 Å². The van der Waals surface area contributed by atoms with Gasteiger partial charge in [-0.2, -0.15) is 0 Å². The molecule has 1 aliphatic rings. The number of aliphatic hydroxyl groups excluding tert-OH is 1. The van der Waals surface area contributed by atoms with Gasteiger partial charge in [-0.3, -0.25) is 0 Å². The fourth-order valence-electron chi connectivity index (χ4n) is 4.05. The Morgan fingerprint density at radius 2 is 1.79 bits per heavy atom. The zero-order valence-electron chi connectivity index (χ0n) is 18.4. The lowest BCUT2D eigenvalue weighted by Crippen LogP contribution is -2.40. The summed E-state index contributed by atoms with van der Waals surface area (Å²) >= 11 is 3.74. The SMILES string of the molecule is CCCCCCCCc1cc2c(cc1Br)C[C@H](O)COC(=O)[C@H](CCCC)N2C. The number of anilines is 1. The molecule has 0 amide bonds. The van der Waals surface area contributed by atoms with Crippen molar-refractivity contribution >= 4 is 27.6 Å². The molecule has 0 aromatic heterocycles. The van der Waals surface area contributed by atoms with Crippen molar-refractivity contribution in [2.24, 2.45) is 0 Å². The number of esters is 1. The van der Waals surface area contributed by atoms with Gasteiger partial charge < -0.3 is 14.7 Å². The van der Waals surface area contributed by atoms with Gasteiger partial charge in [0, 0.05) is 23.6 Å². The fourth-order valence-corrected chi connectivity index (χ4v) is 4.64. The van der Waals surface area contributed by atoms with Crippen LogP contribution in [-0.4, -0.2) is 36.9 Å². The highest BCUT2D eigenvalue weighted by atomic mass is 79.9. The summed E-state index contributed by atoms with van der Waals surface area (Å²) in [5.41, 5.74) is 3.40. The second-order valence-corrected chi connectivity index (χ2v) is 9.20. The zero-order valence-corrected chi connectivity index (χ0v) is 20.0. The summed E-state index contributed by atoms with van der Waals surface area (Å²) in [6.07, 6.45) is 11.3. The van der Waals surface area contributed by atoms with Crippen LogP contribution in [0.3, 0.4) is 0 Å². The van der Waals surface area contributed by atoms with E-state index in [2.05, 4.69) is 46.8 Å². The Morgan fingerprint density at radius 3 is 2.52 bits per heavy atom. The van der Waals surface area contributed by atoms with E-state index in [0.717, 1.165) is 41.4 Å². The van der Waals surface area contributed by atoms with E-state index < -0.39 is 6.10 Å². The van der Waals surface area contributed by atoms with E-state index in [9.17, 15) is 9.90 Å². The number of hydrogen-bond donors (Lipinski definition) is 1. The van der Waals surface area contributed by atoms with Crippen LogP contribution in [0.4, 0.5) is 5.69 Å². The van der Waals surface area contributed by atoms with Gasteiger partial charge >= 0.3 is 5.97 Å². The third kappa shape index (κ3) is 7.29. The number of benzene rings is 1. The molecule has 0 saturated carbocycles. The van der Waals surface area contributed by atoms with Gasteiger partial charge in [0.05, 0.1) is 6.10 Å². The monoisotopic (exact) mass is 467 g/mol. The largest absolute Gasteiger partial charge is 0.461 e. The van der Waals surface area contributed by atoms with E-state index in [1.54, 1.807) is 0 Å². The summed E-state index contributed by atoms with van der Waals surface area (Å²) in [5.74, 6) is -0.228. The summed E-state index contributed by atoms with van der Waals surface area (Å²) in [4.78, 5) is 14.7. The number of carbonyl (C=O) groups is 1. The first kappa shape index (κ1) is 24.2. The van der Waals surface area contributed by atoms with Gasteiger partial charge in [-0.15, -0.1) is 0 Å². The third-order valence-electron chi connectivity index (χ3n) is 5.87. The molecule has 2 atom stereocenters. The lowest BCUT2D eigenvalue weighted by atomic mass is 9.98. The van der Waals surface area contributed by atoms with Gasteiger partial charge in [-0.1, -0.05) is 74.7 Å². The molecule has 1 N–H and O–H groups in total. The minimum absolute atomic E-state index is 0.0614. The number of likely N-dealkylation sites (N-methyl/N-ethyl adjacent to an activating group) is 1. The molecule has 1 heterocycles. The Hall–Kier alpha value is -1.07. The van der Waals surface area contributed by atoms with Crippen molar-refractivity contribution in [3.05, 3.63) is 27.7 Å². The molecule has 4 nitrogen and oxygen atoms in total. The molecule has 29 heavy (non-hydrogen) atoms. The maximum absolute atomic E-state index is 12.7. The van der Waals surface area contributed by atoms with Crippen LogP contribution in [0.2, 0.25) is 0 Å². The number of carbonyl (C=O) groups excluding carboxylic acids is 1. The van der Waals surface area contributed by atoms with E-state index in [4.69, 9.17) is 4.74 Å². The Kier molecular flexibility index (Phi) is 10.5. The number of rotatable bonds is 10. The van der Waals surface area contributed by atoms with Gasteiger partial charge in [0.15, 0.2) is 0 Å². The number of nitrogens with zero attached hydrogens (tertiary/aromatic N) is 1. The maximum Gasteiger partial charge on any atom is 0.328 e. The van der Waals surface area contributed by atoms with Crippen molar-refractivity contribution in [3.8, 4) is 0 Å². The number of aryl methyl sites for hydroxylation is 1. The van der Waals surface area contributed by atoms with Gasteiger partial charge in [-0.25, -0.2) is 4.79 Å². The smallest absolute Gasteiger partial charge is 0.328 e. The lowest BCUT2D eigenvalue weighted by Gasteiger charge is -2.30. The molecule has 1 aliphatic heterocycles. The fraction of sp³-hybridized carbons (Fsp3) is 0.708. The highest BCUT2D eigenvalue weighted by Crippen LogP contribution is 2.33. The third-order valence-corrected chi connectivity index (χ3v) is 6.61. The standard InChI is InChI=1S/C24H38BrNO3/c1-4-6-8-9-10-11-12-18-16-23-19(15-21(18)25)14-20(27)17-29-24(28)22(26(23)3)13-7-5-2/h15-16,20,22,27H,4-14,17H2,1-3H3/t20-,22-/m0/s1. The average molecular weight is 468 g/mol. The molecule has 5 heteroatoms.